The van der Waals surface area contributed by atoms with Crippen molar-refractivity contribution in [3.05, 3.63) is 23.8 Å². The molecule has 2 rings (SSSR count). The third kappa shape index (κ3) is 3.25. The van der Waals surface area contributed by atoms with Crippen molar-refractivity contribution in [2.24, 2.45) is 0 Å². The Kier molecular flexibility index (Phi) is 3.85. The van der Waals surface area contributed by atoms with Gasteiger partial charge in [0, 0.05) is 24.0 Å². The van der Waals surface area contributed by atoms with Gasteiger partial charge in [0.25, 0.3) is 0 Å². The highest BCUT2D eigenvalue weighted by Crippen LogP contribution is 2.13. The molecule has 1 fully saturated rings. The molecule has 0 radical (unpaired) electrons. The molecule has 1 aliphatic heterocycles. The number of nitrogens with one attached hydrogen (secondary N) is 1. The van der Waals surface area contributed by atoms with E-state index in [-0.39, 0.29) is 0 Å². The van der Waals surface area contributed by atoms with Crippen LogP contribution in [-0.2, 0) is 11.3 Å². The van der Waals surface area contributed by atoms with Gasteiger partial charge in [-0.3, -0.25) is 0 Å². The highest BCUT2D eigenvalue weighted by atomic mass is 16.5. The van der Waals surface area contributed by atoms with E-state index in [1.165, 1.54) is 0 Å². The van der Waals surface area contributed by atoms with Gasteiger partial charge in [-0.15, -0.1) is 0 Å². The zero-order chi connectivity index (χ0) is 11.4. The Labute approximate surface area is 96.4 Å². The third-order valence-corrected chi connectivity index (χ3v) is 2.90. The molecule has 1 aromatic heterocycles. The molecule has 4 nitrogen and oxygen atoms in total. The lowest BCUT2D eigenvalue weighted by Gasteiger charge is -2.27. The fourth-order valence-corrected chi connectivity index (χ4v) is 1.95. The third-order valence-electron chi connectivity index (χ3n) is 2.90. The van der Waals surface area contributed by atoms with Crippen LogP contribution in [0.3, 0.4) is 0 Å². The van der Waals surface area contributed by atoms with E-state index >= 15 is 0 Å². The molecular weight excluding hydrogens is 202 g/mol. The van der Waals surface area contributed by atoms with Gasteiger partial charge in [0.2, 0.25) is 0 Å². The highest BCUT2D eigenvalue weighted by molar-refractivity contribution is 5.03. The number of ether oxygens (including phenoxy) is 1. The summed E-state index contributed by atoms with van der Waals surface area (Å²) >= 11 is 0. The fraction of sp³-hybridized carbons (Fsp3) is 0.667. The van der Waals surface area contributed by atoms with E-state index in [2.05, 4.69) is 22.2 Å². The summed E-state index contributed by atoms with van der Waals surface area (Å²) in [6.45, 7) is 5.76. The summed E-state index contributed by atoms with van der Waals surface area (Å²) in [6.07, 6.45) is 6.24. The van der Waals surface area contributed by atoms with Crippen molar-refractivity contribution in [1.29, 1.82) is 0 Å². The topological polar surface area (TPSA) is 47.0 Å². The van der Waals surface area contributed by atoms with Crippen LogP contribution in [0.15, 0.2) is 12.4 Å². The molecular formula is C12H19N3O. The van der Waals surface area contributed by atoms with Crippen LogP contribution in [0.25, 0.3) is 0 Å². The predicted molar refractivity (Wildman–Crippen MR) is 62.0 cm³/mol. The summed E-state index contributed by atoms with van der Waals surface area (Å²) in [4.78, 5) is 8.31. The molecule has 16 heavy (non-hydrogen) atoms. The zero-order valence-corrected chi connectivity index (χ0v) is 9.94. The second kappa shape index (κ2) is 5.37. The Morgan fingerprint density at radius 2 is 2.19 bits per heavy atom. The van der Waals surface area contributed by atoms with Crippen molar-refractivity contribution in [2.45, 2.75) is 45.4 Å². The van der Waals surface area contributed by atoms with Crippen LogP contribution in [0.4, 0.5) is 0 Å². The van der Waals surface area contributed by atoms with E-state index in [9.17, 15) is 0 Å². The largest absolute Gasteiger partial charge is 0.373 e. The van der Waals surface area contributed by atoms with E-state index in [0.29, 0.717) is 18.8 Å². The van der Waals surface area contributed by atoms with E-state index in [0.717, 1.165) is 30.8 Å². The average molecular weight is 221 g/mol. The number of piperidine rings is 1. The summed E-state index contributed by atoms with van der Waals surface area (Å²) in [5.74, 6) is 0.805. The van der Waals surface area contributed by atoms with Gasteiger partial charge < -0.3 is 10.1 Å². The number of rotatable bonds is 3. The number of aryl methyl sites for hydroxylation is 1. The number of hydrogen-bond donors (Lipinski definition) is 1. The fourth-order valence-electron chi connectivity index (χ4n) is 1.95. The monoisotopic (exact) mass is 221 g/mol. The smallest absolute Gasteiger partial charge is 0.125 e. The first kappa shape index (κ1) is 11.5. The van der Waals surface area contributed by atoms with Crippen LogP contribution in [0.1, 0.15) is 31.2 Å². The quantitative estimate of drug-likeness (QED) is 0.839. The van der Waals surface area contributed by atoms with Crippen molar-refractivity contribution < 1.29 is 4.74 Å². The van der Waals surface area contributed by atoms with Gasteiger partial charge in [-0.05, 0) is 33.2 Å². The van der Waals surface area contributed by atoms with E-state index in [1.807, 2.05) is 19.3 Å². The Morgan fingerprint density at radius 1 is 1.44 bits per heavy atom. The van der Waals surface area contributed by atoms with Crippen molar-refractivity contribution in [1.82, 2.24) is 15.3 Å². The summed E-state index contributed by atoms with van der Waals surface area (Å²) in [5, 5.41) is 3.41. The molecule has 0 spiro atoms. The minimum absolute atomic E-state index is 0.373. The van der Waals surface area contributed by atoms with Gasteiger partial charge in [0.1, 0.15) is 5.82 Å². The van der Waals surface area contributed by atoms with E-state index in [4.69, 9.17) is 4.74 Å². The van der Waals surface area contributed by atoms with Gasteiger partial charge in [-0.2, -0.15) is 0 Å². The van der Waals surface area contributed by atoms with Gasteiger partial charge in [0.05, 0.1) is 12.7 Å². The van der Waals surface area contributed by atoms with Crippen LogP contribution in [-0.4, -0.2) is 28.7 Å². The van der Waals surface area contributed by atoms with Gasteiger partial charge in [-0.25, -0.2) is 9.97 Å². The lowest BCUT2D eigenvalue weighted by molar-refractivity contribution is 0.0124. The van der Waals surface area contributed by atoms with Gasteiger partial charge >= 0.3 is 0 Å². The first-order valence-corrected chi connectivity index (χ1v) is 5.86. The lowest BCUT2D eigenvalue weighted by Crippen LogP contribution is -2.39. The average Bonchev–Trinajstić information content (AvgIpc) is 2.28. The van der Waals surface area contributed by atoms with E-state index < -0.39 is 0 Å². The number of nitrogens with zero attached hydrogens (tertiary/aromatic N) is 2. The van der Waals surface area contributed by atoms with Crippen molar-refractivity contribution >= 4 is 0 Å². The molecule has 0 bridgehead atoms. The van der Waals surface area contributed by atoms with E-state index in [1.54, 1.807) is 0 Å². The minimum atomic E-state index is 0.373. The standard InChI is InChI=1S/C12H19N3O/c1-9-5-12(3-4-13-9)16-8-11-6-14-10(2)15-7-11/h6-7,9,12-13H,3-5,8H2,1-2H3/t9-,12-/m0/s1. The first-order valence-electron chi connectivity index (χ1n) is 5.86. The molecule has 1 N–H and O–H groups in total. The summed E-state index contributed by atoms with van der Waals surface area (Å²) < 4.78 is 5.86. The summed E-state index contributed by atoms with van der Waals surface area (Å²) in [7, 11) is 0. The number of hydrogen-bond acceptors (Lipinski definition) is 4. The Balaban J connectivity index is 1.80. The molecule has 0 aromatic carbocycles. The molecule has 0 saturated carbocycles. The molecule has 88 valence electrons. The Bertz CT molecular complexity index is 326. The lowest BCUT2D eigenvalue weighted by atomic mass is 10.0. The first-order chi connectivity index (χ1) is 7.74. The van der Waals surface area contributed by atoms with Crippen molar-refractivity contribution in [3.63, 3.8) is 0 Å². The zero-order valence-electron chi connectivity index (χ0n) is 9.94. The van der Waals surface area contributed by atoms with Crippen LogP contribution in [0.5, 0.6) is 0 Å². The maximum absolute atomic E-state index is 5.86. The molecule has 2 heterocycles. The molecule has 0 amide bonds. The van der Waals surface area contributed by atoms with Crippen LogP contribution < -0.4 is 5.32 Å². The molecule has 1 aliphatic rings. The molecule has 1 saturated heterocycles. The maximum atomic E-state index is 5.86. The maximum Gasteiger partial charge on any atom is 0.125 e. The molecule has 1 aromatic rings. The second-order valence-corrected chi connectivity index (χ2v) is 4.45. The normalized spacial score (nSPS) is 25.6. The van der Waals surface area contributed by atoms with Crippen molar-refractivity contribution in [3.8, 4) is 0 Å². The minimum Gasteiger partial charge on any atom is -0.373 e. The molecule has 2 atom stereocenters. The Hall–Kier alpha value is -1.00. The highest BCUT2D eigenvalue weighted by Gasteiger charge is 2.18. The summed E-state index contributed by atoms with van der Waals surface area (Å²) in [5.41, 5.74) is 1.05. The molecule has 4 heteroatoms. The van der Waals surface area contributed by atoms with Crippen molar-refractivity contribution in [2.75, 3.05) is 6.54 Å². The second-order valence-electron chi connectivity index (χ2n) is 4.45. The Morgan fingerprint density at radius 3 is 2.88 bits per heavy atom. The molecule has 0 unspecified atom stereocenters. The number of aromatic nitrogens is 2. The van der Waals surface area contributed by atoms with Gasteiger partial charge in [-0.1, -0.05) is 0 Å². The predicted octanol–water partition coefficient (Wildman–Crippen LogP) is 1.44. The molecule has 0 aliphatic carbocycles. The van der Waals surface area contributed by atoms with Crippen LogP contribution in [0, 0.1) is 6.92 Å². The van der Waals surface area contributed by atoms with Crippen LogP contribution in [0.2, 0.25) is 0 Å². The SMILES string of the molecule is Cc1ncc(CO[C@H]2CCN[C@@H](C)C2)cn1. The van der Waals surface area contributed by atoms with Gasteiger partial charge in [0.15, 0.2) is 0 Å². The van der Waals surface area contributed by atoms with Crippen LogP contribution >= 0.6 is 0 Å². The summed E-state index contributed by atoms with van der Waals surface area (Å²) in [6, 6.07) is 0.563.